The van der Waals surface area contributed by atoms with E-state index < -0.39 is 0 Å². The Morgan fingerprint density at radius 1 is 0.943 bits per heavy atom. The van der Waals surface area contributed by atoms with Crippen LogP contribution in [0.5, 0.6) is 0 Å². The number of guanidine groups is 1. The van der Waals surface area contributed by atoms with E-state index in [1.165, 1.54) is 52.0 Å². The van der Waals surface area contributed by atoms with Gasteiger partial charge in [-0.15, -0.1) is 12.4 Å². The maximum absolute atomic E-state index is 6.55. The smallest absolute Gasteiger partial charge is 0.192 e. The predicted octanol–water partition coefficient (Wildman–Crippen LogP) is 7.00. The molecule has 5 rings (SSSR count). The number of benzene rings is 3. The minimum Gasteiger partial charge on any atom is -0.370 e. The predicted molar refractivity (Wildman–Crippen MR) is 150 cm³/mol. The SMILES string of the molecule is Cc1cc(C)c(Nc2ccccc2CC[C@H]2CC[C@@H]3C[C@H](c4ccccc4)N=C(N)N23)c(C)c1.Cl. The highest BCUT2D eigenvalue weighted by molar-refractivity contribution is 5.85. The van der Waals surface area contributed by atoms with Gasteiger partial charge in [-0.3, -0.25) is 0 Å². The molecule has 0 spiro atoms. The largest absolute Gasteiger partial charge is 0.370 e. The lowest BCUT2D eigenvalue weighted by Crippen LogP contribution is -2.48. The van der Waals surface area contributed by atoms with Gasteiger partial charge >= 0.3 is 0 Å². The maximum atomic E-state index is 6.55. The van der Waals surface area contributed by atoms with Gasteiger partial charge in [-0.1, -0.05) is 66.2 Å². The zero-order valence-corrected chi connectivity index (χ0v) is 21.8. The van der Waals surface area contributed by atoms with Crippen molar-refractivity contribution in [1.82, 2.24) is 4.90 Å². The third-order valence-corrected chi connectivity index (χ3v) is 7.55. The third kappa shape index (κ3) is 5.33. The minimum atomic E-state index is 0. The van der Waals surface area contributed by atoms with Crippen LogP contribution in [0.25, 0.3) is 0 Å². The Balaban J connectivity index is 0.00000289. The minimum absolute atomic E-state index is 0. The molecule has 0 unspecified atom stereocenters. The quantitative estimate of drug-likeness (QED) is 0.392. The highest BCUT2D eigenvalue weighted by Crippen LogP contribution is 2.38. The van der Waals surface area contributed by atoms with Gasteiger partial charge in [0.25, 0.3) is 0 Å². The lowest BCUT2D eigenvalue weighted by Gasteiger charge is -2.37. The average Bonchev–Trinajstić information content (AvgIpc) is 3.25. The van der Waals surface area contributed by atoms with Crippen molar-refractivity contribution in [2.45, 2.75) is 71.0 Å². The van der Waals surface area contributed by atoms with Crippen molar-refractivity contribution in [3.63, 3.8) is 0 Å². The number of nitrogens with zero attached hydrogens (tertiary/aromatic N) is 2. The monoisotopic (exact) mass is 488 g/mol. The van der Waals surface area contributed by atoms with E-state index in [0.29, 0.717) is 12.1 Å². The zero-order valence-electron chi connectivity index (χ0n) is 21.0. The van der Waals surface area contributed by atoms with Gasteiger partial charge in [-0.05, 0) is 81.2 Å². The molecule has 0 radical (unpaired) electrons. The molecule has 3 N–H and O–H groups in total. The molecule has 35 heavy (non-hydrogen) atoms. The van der Waals surface area contributed by atoms with Crippen LogP contribution in [-0.4, -0.2) is 22.9 Å². The molecule has 2 aliphatic heterocycles. The number of fused-ring (bicyclic) bond motifs is 1. The maximum Gasteiger partial charge on any atom is 0.192 e. The van der Waals surface area contributed by atoms with Gasteiger partial charge in [0, 0.05) is 23.5 Å². The summed E-state index contributed by atoms with van der Waals surface area (Å²) >= 11 is 0. The van der Waals surface area contributed by atoms with E-state index in [1.807, 2.05) is 0 Å². The van der Waals surface area contributed by atoms with Crippen LogP contribution in [0.2, 0.25) is 0 Å². The molecule has 0 saturated carbocycles. The molecule has 1 saturated heterocycles. The summed E-state index contributed by atoms with van der Waals surface area (Å²) in [7, 11) is 0. The van der Waals surface area contributed by atoms with Crippen molar-refractivity contribution in [1.29, 1.82) is 0 Å². The van der Waals surface area contributed by atoms with E-state index in [4.69, 9.17) is 10.7 Å². The van der Waals surface area contributed by atoms with Gasteiger partial charge < -0.3 is 16.0 Å². The first-order valence-corrected chi connectivity index (χ1v) is 12.6. The number of halogens is 1. The van der Waals surface area contributed by atoms with Crippen LogP contribution in [0.3, 0.4) is 0 Å². The Labute approximate surface area is 216 Å². The summed E-state index contributed by atoms with van der Waals surface area (Å²) in [6.07, 6.45) is 5.56. The van der Waals surface area contributed by atoms with Crippen molar-refractivity contribution in [2.75, 3.05) is 5.32 Å². The molecule has 5 heteroatoms. The lowest BCUT2D eigenvalue weighted by molar-refractivity contribution is 0.256. The average molecular weight is 489 g/mol. The second-order valence-electron chi connectivity index (χ2n) is 10.0. The first-order valence-electron chi connectivity index (χ1n) is 12.6. The van der Waals surface area contributed by atoms with Crippen LogP contribution in [0.15, 0.2) is 71.7 Å². The zero-order chi connectivity index (χ0) is 23.7. The molecule has 0 bridgehead atoms. The molecule has 3 aromatic carbocycles. The van der Waals surface area contributed by atoms with Gasteiger partial charge in [0.15, 0.2) is 5.96 Å². The highest BCUT2D eigenvalue weighted by Gasteiger charge is 2.39. The van der Waals surface area contributed by atoms with Gasteiger partial charge in [-0.2, -0.15) is 0 Å². The first kappa shape index (κ1) is 25.1. The number of rotatable bonds is 6. The van der Waals surface area contributed by atoms with Crippen molar-refractivity contribution in [3.05, 3.63) is 94.5 Å². The Morgan fingerprint density at radius 2 is 1.63 bits per heavy atom. The summed E-state index contributed by atoms with van der Waals surface area (Å²) < 4.78 is 0. The third-order valence-electron chi connectivity index (χ3n) is 7.55. The van der Waals surface area contributed by atoms with E-state index in [1.54, 1.807) is 0 Å². The summed E-state index contributed by atoms with van der Waals surface area (Å²) in [4.78, 5) is 7.33. The molecular weight excluding hydrogens is 452 g/mol. The van der Waals surface area contributed by atoms with Crippen LogP contribution >= 0.6 is 12.4 Å². The standard InChI is InChI=1S/C30H36N4.ClH/c1-20-17-21(2)29(22(3)18-20)32-27-12-8-7-11-24(27)13-14-25-15-16-26-19-28(33-30(31)34(25)26)23-9-5-4-6-10-23;/h4-12,17-18,25-26,28,32H,13-16,19H2,1-3H3,(H2,31,33);1H/t25-,26+,28+;/m0./s1. The molecular formula is C30H37ClN4. The van der Waals surface area contributed by atoms with Gasteiger partial charge in [0.2, 0.25) is 0 Å². The molecule has 3 aromatic rings. The van der Waals surface area contributed by atoms with E-state index in [0.717, 1.165) is 25.2 Å². The normalized spacial score (nSPS) is 21.2. The Hall–Kier alpha value is -2.98. The molecule has 184 valence electrons. The van der Waals surface area contributed by atoms with Crippen LogP contribution in [-0.2, 0) is 6.42 Å². The molecule has 2 aliphatic rings. The number of anilines is 2. The Kier molecular flexibility index (Phi) is 7.71. The highest BCUT2D eigenvalue weighted by atomic mass is 35.5. The Bertz CT molecular complexity index is 1170. The number of para-hydroxylation sites is 1. The van der Waals surface area contributed by atoms with Gasteiger partial charge in [-0.25, -0.2) is 4.99 Å². The summed E-state index contributed by atoms with van der Waals surface area (Å²) in [6.45, 7) is 6.53. The molecule has 0 aliphatic carbocycles. The molecule has 1 fully saturated rings. The Morgan fingerprint density at radius 3 is 2.37 bits per heavy atom. The van der Waals surface area contributed by atoms with Crippen molar-refractivity contribution < 1.29 is 0 Å². The molecule has 0 aromatic heterocycles. The molecule has 4 nitrogen and oxygen atoms in total. The summed E-state index contributed by atoms with van der Waals surface area (Å²) in [6, 6.07) is 25.0. The second kappa shape index (κ2) is 10.7. The fourth-order valence-electron chi connectivity index (χ4n) is 5.97. The first-order chi connectivity index (χ1) is 16.5. The van der Waals surface area contributed by atoms with Gasteiger partial charge in [0.05, 0.1) is 6.04 Å². The number of hydrogen-bond acceptors (Lipinski definition) is 4. The van der Waals surface area contributed by atoms with Crippen molar-refractivity contribution in [3.8, 4) is 0 Å². The number of nitrogens with one attached hydrogen (secondary N) is 1. The lowest BCUT2D eigenvalue weighted by atomic mass is 9.97. The van der Waals surface area contributed by atoms with Gasteiger partial charge in [0.1, 0.15) is 0 Å². The molecule has 3 atom stereocenters. The molecule has 0 amide bonds. The summed E-state index contributed by atoms with van der Waals surface area (Å²) in [5.41, 5.74) is 15.5. The summed E-state index contributed by atoms with van der Waals surface area (Å²) in [5.74, 6) is 0.727. The van der Waals surface area contributed by atoms with Crippen LogP contribution in [0.4, 0.5) is 11.4 Å². The van der Waals surface area contributed by atoms with E-state index in [9.17, 15) is 0 Å². The molecule has 2 heterocycles. The fourth-order valence-corrected chi connectivity index (χ4v) is 5.97. The van der Waals surface area contributed by atoms with E-state index in [2.05, 4.69) is 97.7 Å². The van der Waals surface area contributed by atoms with Crippen LogP contribution < -0.4 is 11.1 Å². The number of aliphatic imine (C=N–C) groups is 1. The topological polar surface area (TPSA) is 53.6 Å². The second-order valence-corrected chi connectivity index (χ2v) is 10.0. The van der Waals surface area contributed by atoms with Crippen molar-refractivity contribution in [2.24, 2.45) is 10.7 Å². The number of hydrogen-bond donors (Lipinski definition) is 2. The number of nitrogens with two attached hydrogens (primary N) is 1. The number of aryl methyl sites for hydroxylation is 4. The summed E-state index contributed by atoms with van der Waals surface area (Å²) in [5, 5.41) is 3.74. The van der Waals surface area contributed by atoms with E-state index >= 15 is 0 Å². The van der Waals surface area contributed by atoms with E-state index in [-0.39, 0.29) is 18.4 Å². The van der Waals surface area contributed by atoms with Crippen molar-refractivity contribution >= 4 is 29.7 Å². The van der Waals surface area contributed by atoms with Crippen LogP contribution in [0.1, 0.15) is 59.5 Å². The van der Waals surface area contributed by atoms with Crippen LogP contribution in [0, 0.1) is 20.8 Å². The fraction of sp³-hybridized carbons (Fsp3) is 0.367.